The molecule has 0 fully saturated rings. The van der Waals surface area contributed by atoms with Gasteiger partial charge in [-0.1, -0.05) is 35.4 Å². The molecule has 0 heterocycles. The fraction of sp³-hybridized carbons (Fsp3) is 0.353. The van der Waals surface area contributed by atoms with Crippen LogP contribution >= 0.6 is 23.2 Å². The van der Waals surface area contributed by atoms with Gasteiger partial charge in [-0.05, 0) is 37.5 Å². The lowest BCUT2D eigenvalue weighted by Gasteiger charge is -2.14. The van der Waals surface area contributed by atoms with Crippen LogP contribution in [0.3, 0.4) is 0 Å². The normalized spacial score (nSPS) is 12.6. The van der Waals surface area contributed by atoms with Crippen molar-refractivity contribution in [1.82, 2.24) is 5.32 Å². The zero-order valence-electron chi connectivity index (χ0n) is 14.5. The minimum atomic E-state index is -1.23. The van der Waals surface area contributed by atoms with Gasteiger partial charge in [-0.15, -0.1) is 0 Å². The molecule has 0 aliphatic heterocycles. The molecule has 0 bridgehead atoms. The number of carbonyl (C=O) groups excluding carboxylic acids is 2. The largest absolute Gasteiger partial charge is 0.483 e. The molecule has 0 aromatic heterocycles. The molecule has 3 N–H and O–H groups in total. The average Bonchev–Trinajstić information content (AvgIpc) is 3.14. The quantitative estimate of drug-likeness (QED) is 0.406. The highest BCUT2D eigenvalue weighted by Crippen LogP contribution is 2.22. The third-order valence-electron chi connectivity index (χ3n) is 3.00. The number of anilines is 1. The van der Waals surface area contributed by atoms with Crippen LogP contribution in [0.2, 0.25) is 10.0 Å². The van der Waals surface area contributed by atoms with E-state index in [2.05, 4.69) is 22.8 Å². The Hall–Kier alpha value is -2.09. The summed E-state index contributed by atoms with van der Waals surface area (Å²) in [6, 6.07) is 4.56. The molecule has 1 aromatic carbocycles. The summed E-state index contributed by atoms with van der Waals surface area (Å²) < 4.78 is 4.81. The summed E-state index contributed by atoms with van der Waals surface area (Å²) in [5.74, 6) is -1.14. The van der Waals surface area contributed by atoms with E-state index in [1.54, 1.807) is 0 Å². The van der Waals surface area contributed by atoms with E-state index in [-0.39, 0.29) is 6.47 Å². The molecule has 0 spiro atoms. The van der Waals surface area contributed by atoms with Crippen molar-refractivity contribution in [3.63, 3.8) is 0 Å². The molecular formula is C17H22Cl2N2O5. The van der Waals surface area contributed by atoms with E-state index in [1.807, 2.05) is 0 Å². The minimum absolute atomic E-state index is 0.250. The Morgan fingerprint density at radius 3 is 2.00 bits per heavy atom. The van der Waals surface area contributed by atoms with Crippen LogP contribution in [0.25, 0.3) is 0 Å². The van der Waals surface area contributed by atoms with E-state index in [9.17, 15) is 9.59 Å². The lowest BCUT2D eigenvalue weighted by molar-refractivity contribution is -0.140. The fourth-order valence-corrected chi connectivity index (χ4v) is 2.41. The standard InChI is InChI=1S/C11H12Cl2N2O3.C5H8.CH2O2/c1-14-10(16)9(18-2)11(17)15-8-4-6(12)3-7(13)5-8;1-2-4-5-3-1;2-1-3/h3-5,9H,1-2H3,(H,14,16)(H,15,17);1-2H,3-5H2;1H,(H,2,3). The van der Waals surface area contributed by atoms with Crippen molar-refractivity contribution in [3.05, 3.63) is 40.4 Å². The van der Waals surface area contributed by atoms with Crippen LogP contribution in [-0.4, -0.2) is 43.7 Å². The number of carbonyl (C=O) groups is 3. The summed E-state index contributed by atoms with van der Waals surface area (Å²) in [7, 11) is 2.68. The van der Waals surface area contributed by atoms with E-state index < -0.39 is 17.9 Å². The summed E-state index contributed by atoms with van der Waals surface area (Å²) in [6.07, 6.45) is 7.27. The van der Waals surface area contributed by atoms with E-state index >= 15 is 0 Å². The Morgan fingerprint density at radius 2 is 1.65 bits per heavy atom. The number of hydrogen-bond donors (Lipinski definition) is 3. The number of benzene rings is 1. The number of hydrogen-bond acceptors (Lipinski definition) is 4. The summed E-state index contributed by atoms with van der Waals surface area (Å²) in [5.41, 5.74) is 0.392. The predicted molar refractivity (Wildman–Crippen MR) is 102 cm³/mol. The van der Waals surface area contributed by atoms with Gasteiger partial charge in [0.2, 0.25) is 6.10 Å². The first-order valence-electron chi connectivity index (χ1n) is 7.63. The molecule has 9 heteroatoms. The van der Waals surface area contributed by atoms with Crippen molar-refractivity contribution in [2.75, 3.05) is 19.5 Å². The number of nitrogens with one attached hydrogen (secondary N) is 2. The van der Waals surface area contributed by atoms with Gasteiger partial charge in [0.05, 0.1) is 0 Å². The maximum atomic E-state index is 11.8. The van der Waals surface area contributed by atoms with Gasteiger partial charge in [-0.25, -0.2) is 0 Å². The van der Waals surface area contributed by atoms with Crippen LogP contribution in [-0.2, 0) is 19.1 Å². The third-order valence-corrected chi connectivity index (χ3v) is 3.43. The van der Waals surface area contributed by atoms with Crippen LogP contribution in [0.5, 0.6) is 0 Å². The highest BCUT2D eigenvalue weighted by Gasteiger charge is 2.25. The highest BCUT2D eigenvalue weighted by atomic mass is 35.5. The molecule has 2 amide bonds. The van der Waals surface area contributed by atoms with Crippen LogP contribution in [0.1, 0.15) is 19.3 Å². The number of likely N-dealkylation sites (N-methyl/N-ethyl adjacent to an activating group) is 1. The highest BCUT2D eigenvalue weighted by molar-refractivity contribution is 6.35. The molecule has 0 saturated heterocycles. The maximum Gasteiger partial charge on any atom is 0.290 e. The van der Waals surface area contributed by atoms with Crippen LogP contribution in [0, 0.1) is 0 Å². The van der Waals surface area contributed by atoms with Crippen molar-refractivity contribution in [2.24, 2.45) is 0 Å². The lowest BCUT2D eigenvalue weighted by Crippen LogP contribution is -2.42. The van der Waals surface area contributed by atoms with Crippen molar-refractivity contribution in [1.29, 1.82) is 0 Å². The van der Waals surface area contributed by atoms with Crippen LogP contribution in [0.4, 0.5) is 5.69 Å². The van der Waals surface area contributed by atoms with Gasteiger partial charge in [0, 0.05) is 29.9 Å². The van der Waals surface area contributed by atoms with Crippen molar-refractivity contribution < 1.29 is 24.2 Å². The first-order chi connectivity index (χ1) is 12.4. The average molecular weight is 405 g/mol. The number of carboxylic acid groups (broad SMARTS) is 1. The number of amides is 2. The Morgan fingerprint density at radius 1 is 1.15 bits per heavy atom. The first-order valence-corrected chi connectivity index (χ1v) is 8.39. The molecule has 7 nitrogen and oxygen atoms in total. The number of methoxy groups -OCH3 is 1. The van der Waals surface area contributed by atoms with E-state index in [1.165, 1.54) is 51.6 Å². The van der Waals surface area contributed by atoms with Gasteiger partial charge in [-0.3, -0.25) is 14.4 Å². The zero-order valence-corrected chi connectivity index (χ0v) is 16.0. The van der Waals surface area contributed by atoms with Crippen molar-refractivity contribution in [2.45, 2.75) is 25.4 Å². The topological polar surface area (TPSA) is 105 Å². The first kappa shape index (κ1) is 23.9. The fourth-order valence-electron chi connectivity index (χ4n) is 1.89. The molecule has 1 atom stereocenters. The van der Waals surface area contributed by atoms with E-state index in [0.717, 1.165) is 0 Å². The summed E-state index contributed by atoms with van der Waals surface area (Å²) in [5, 5.41) is 12.5. The number of ether oxygens (including phenoxy) is 1. The predicted octanol–water partition coefficient (Wildman–Crippen LogP) is 3.12. The van der Waals surface area contributed by atoms with Crippen LogP contribution < -0.4 is 10.6 Å². The Balaban J connectivity index is 0.000000644. The summed E-state index contributed by atoms with van der Waals surface area (Å²) >= 11 is 11.6. The maximum absolute atomic E-state index is 11.8. The summed E-state index contributed by atoms with van der Waals surface area (Å²) in [4.78, 5) is 31.5. The van der Waals surface area contributed by atoms with Gasteiger partial charge in [0.25, 0.3) is 18.3 Å². The molecule has 1 aromatic rings. The minimum Gasteiger partial charge on any atom is -0.483 e. The number of allylic oxidation sites excluding steroid dienone is 2. The van der Waals surface area contributed by atoms with Crippen molar-refractivity contribution >= 4 is 47.2 Å². The van der Waals surface area contributed by atoms with Gasteiger partial charge in [-0.2, -0.15) is 0 Å². The van der Waals surface area contributed by atoms with Crippen molar-refractivity contribution in [3.8, 4) is 0 Å². The molecular weight excluding hydrogens is 383 g/mol. The van der Waals surface area contributed by atoms with E-state index in [4.69, 9.17) is 37.8 Å². The molecule has 0 saturated carbocycles. The monoisotopic (exact) mass is 404 g/mol. The lowest BCUT2D eigenvalue weighted by atomic mass is 10.2. The van der Waals surface area contributed by atoms with Gasteiger partial charge in [0.15, 0.2) is 0 Å². The van der Waals surface area contributed by atoms with Gasteiger partial charge < -0.3 is 20.5 Å². The second kappa shape index (κ2) is 14.1. The molecule has 1 aliphatic carbocycles. The second-order valence-electron chi connectivity index (χ2n) is 4.89. The Bertz CT molecular complexity index is 597. The van der Waals surface area contributed by atoms with Crippen LogP contribution in [0.15, 0.2) is 30.4 Å². The molecule has 1 unspecified atom stereocenters. The third kappa shape index (κ3) is 10.0. The SMILES string of the molecule is C1=CCCC1.CNC(=O)C(OC)C(=O)Nc1cc(Cl)cc(Cl)c1.O=CO. The molecule has 26 heavy (non-hydrogen) atoms. The smallest absolute Gasteiger partial charge is 0.290 e. The molecule has 144 valence electrons. The zero-order chi connectivity index (χ0) is 19.9. The van der Waals surface area contributed by atoms with Gasteiger partial charge >= 0.3 is 0 Å². The Labute approximate surface area is 162 Å². The Kier molecular flexibility index (Phi) is 13.0. The van der Waals surface area contributed by atoms with Gasteiger partial charge in [0.1, 0.15) is 0 Å². The molecule has 0 radical (unpaired) electrons. The second-order valence-corrected chi connectivity index (χ2v) is 5.76. The molecule has 2 rings (SSSR count). The molecule has 1 aliphatic rings. The van der Waals surface area contributed by atoms with E-state index in [0.29, 0.717) is 15.7 Å². The summed E-state index contributed by atoms with van der Waals surface area (Å²) in [6.45, 7) is -0.250. The number of halogens is 2. The number of rotatable bonds is 4.